The molecular weight excluding hydrogens is 226 g/mol. The van der Waals surface area contributed by atoms with E-state index in [1.165, 1.54) is 18.4 Å². The van der Waals surface area contributed by atoms with Crippen molar-refractivity contribution in [2.75, 3.05) is 0 Å². The Labute approximate surface area is 87.0 Å². The summed E-state index contributed by atoms with van der Waals surface area (Å²) in [4.78, 5) is 4.43. The maximum Gasteiger partial charge on any atom is 0.0806 e. The molecule has 1 heterocycles. The molecule has 2 heteroatoms. The highest BCUT2D eigenvalue weighted by molar-refractivity contribution is 9.10. The van der Waals surface area contributed by atoms with Gasteiger partial charge in [-0.3, -0.25) is 4.99 Å². The van der Waals surface area contributed by atoms with Crippen molar-refractivity contribution in [3.05, 3.63) is 28.2 Å². The van der Waals surface area contributed by atoms with Gasteiger partial charge >= 0.3 is 0 Å². The Balaban J connectivity index is 2.37. The fourth-order valence-electron chi connectivity index (χ4n) is 1.75. The van der Waals surface area contributed by atoms with Gasteiger partial charge in [0.15, 0.2) is 0 Å². The molecule has 0 saturated carbocycles. The monoisotopic (exact) mass is 237 g/mol. The van der Waals surface area contributed by atoms with Crippen molar-refractivity contribution in [2.45, 2.75) is 25.7 Å². The van der Waals surface area contributed by atoms with Gasteiger partial charge in [-0.05, 0) is 34.0 Å². The van der Waals surface area contributed by atoms with Crippen molar-refractivity contribution >= 4 is 27.8 Å². The number of benzene rings is 1. The Bertz CT molecular complexity index is 344. The number of nitrogens with zero attached hydrogens (tertiary/aromatic N) is 1. The van der Waals surface area contributed by atoms with Crippen molar-refractivity contribution in [3.8, 4) is 0 Å². The molecule has 1 aromatic rings. The first kappa shape index (κ1) is 8.95. The number of aliphatic imine (C=N–C) groups is 1. The average Bonchev–Trinajstić information content (AvgIpc) is 2.51. The van der Waals surface area contributed by atoms with Gasteiger partial charge in [0, 0.05) is 16.6 Å². The highest BCUT2D eigenvalue weighted by atomic mass is 79.9. The zero-order chi connectivity index (χ0) is 9.26. The molecule has 0 radical (unpaired) electrons. The van der Waals surface area contributed by atoms with Crippen molar-refractivity contribution in [1.82, 2.24) is 0 Å². The van der Waals surface area contributed by atoms with Crippen LogP contribution in [-0.4, -0.2) is 6.21 Å². The third-order valence-corrected chi connectivity index (χ3v) is 3.04. The molecular formula is C11H12BrN. The number of hydrogen-bond donors (Lipinski definition) is 0. The topological polar surface area (TPSA) is 12.4 Å². The third kappa shape index (κ3) is 1.55. The molecule has 0 N–H and O–H groups in total. The Morgan fingerprint density at radius 3 is 3.08 bits per heavy atom. The van der Waals surface area contributed by atoms with Crippen LogP contribution in [0.4, 0.5) is 5.69 Å². The summed E-state index contributed by atoms with van der Waals surface area (Å²) in [7, 11) is 0. The van der Waals surface area contributed by atoms with Gasteiger partial charge in [-0.2, -0.15) is 0 Å². The molecule has 68 valence electrons. The van der Waals surface area contributed by atoms with Gasteiger partial charge in [-0.25, -0.2) is 0 Å². The number of hydrogen-bond acceptors (Lipinski definition) is 1. The minimum Gasteiger partial charge on any atom is -0.259 e. The predicted octanol–water partition coefficient (Wildman–Crippen LogP) is 4.05. The maximum atomic E-state index is 4.43. The van der Waals surface area contributed by atoms with E-state index in [1.54, 1.807) is 0 Å². The quantitative estimate of drug-likeness (QED) is 0.737. The van der Waals surface area contributed by atoms with Crippen LogP contribution in [0.5, 0.6) is 0 Å². The summed E-state index contributed by atoms with van der Waals surface area (Å²) < 4.78 is 1.11. The van der Waals surface area contributed by atoms with E-state index in [1.807, 2.05) is 6.07 Å². The molecule has 0 aromatic heterocycles. The van der Waals surface area contributed by atoms with Crippen LogP contribution in [0.1, 0.15) is 31.2 Å². The molecule has 1 aliphatic heterocycles. The highest BCUT2D eigenvalue weighted by Gasteiger charge is 2.18. The van der Waals surface area contributed by atoms with Crippen LogP contribution >= 0.6 is 15.9 Å². The second-order valence-electron chi connectivity index (χ2n) is 3.35. The van der Waals surface area contributed by atoms with Crippen molar-refractivity contribution < 1.29 is 0 Å². The summed E-state index contributed by atoms with van der Waals surface area (Å²) >= 11 is 3.51. The van der Waals surface area contributed by atoms with E-state index in [0.29, 0.717) is 5.92 Å². The largest absolute Gasteiger partial charge is 0.259 e. The fourth-order valence-corrected chi connectivity index (χ4v) is 2.24. The summed E-state index contributed by atoms with van der Waals surface area (Å²) in [5.41, 5.74) is 2.50. The van der Waals surface area contributed by atoms with Gasteiger partial charge in [-0.15, -0.1) is 0 Å². The Hall–Kier alpha value is -0.630. The molecule has 2 rings (SSSR count). The predicted molar refractivity (Wildman–Crippen MR) is 59.9 cm³/mol. The molecule has 1 unspecified atom stereocenters. The van der Waals surface area contributed by atoms with Gasteiger partial charge in [0.2, 0.25) is 0 Å². The molecule has 1 nitrogen and oxygen atoms in total. The summed E-state index contributed by atoms with van der Waals surface area (Å²) in [6, 6.07) is 6.30. The molecule has 0 spiro atoms. The lowest BCUT2D eigenvalue weighted by atomic mass is 9.97. The van der Waals surface area contributed by atoms with Crippen molar-refractivity contribution in [2.24, 2.45) is 4.99 Å². The molecule has 0 bridgehead atoms. The first-order chi connectivity index (χ1) is 6.33. The summed E-state index contributed by atoms with van der Waals surface area (Å²) in [6.07, 6.45) is 4.48. The Kier molecular flexibility index (Phi) is 2.49. The maximum absolute atomic E-state index is 4.43. The number of rotatable bonds is 2. The van der Waals surface area contributed by atoms with Gasteiger partial charge in [0.1, 0.15) is 0 Å². The van der Waals surface area contributed by atoms with Crippen LogP contribution < -0.4 is 0 Å². The van der Waals surface area contributed by atoms with Crippen LogP contribution in [0, 0.1) is 0 Å². The Morgan fingerprint density at radius 2 is 2.31 bits per heavy atom. The highest BCUT2D eigenvalue weighted by Crippen LogP contribution is 2.39. The lowest BCUT2D eigenvalue weighted by Crippen LogP contribution is -1.94. The fraction of sp³-hybridized carbons (Fsp3) is 0.364. The molecule has 1 aromatic carbocycles. The molecule has 0 amide bonds. The van der Waals surface area contributed by atoms with E-state index in [0.717, 1.165) is 10.2 Å². The molecule has 13 heavy (non-hydrogen) atoms. The van der Waals surface area contributed by atoms with Crippen molar-refractivity contribution in [1.29, 1.82) is 0 Å². The smallest absolute Gasteiger partial charge is 0.0806 e. The molecule has 0 fully saturated rings. The SMILES string of the molecule is CCCC1C=Nc2c(Br)cccc21. The van der Waals surface area contributed by atoms with E-state index >= 15 is 0 Å². The lowest BCUT2D eigenvalue weighted by molar-refractivity contribution is 0.763. The average molecular weight is 238 g/mol. The van der Waals surface area contributed by atoms with Gasteiger partial charge < -0.3 is 0 Å². The molecule has 1 aliphatic rings. The van der Waals surface area contributed by atoms with Crippen molar-refractivity contribution in [3.63, 3.8) is 0 Å². The van der Waals surface area contributed by atoms with Crippen LogP contribution in [0.3, 0.4) is 0 Å². The van der Waals surface area contributed by atoms with E-state index in [2.05, 4.69) is 46.2 Å². The van der Waals surface area contributed by atoms with Crippen LogP contribution in [-0.2, 0) is 0 Å². The minimum atomic E-state index is 0.539. The third-order valence-electron chi connectivity index (χ3n) is 2.40. The molecule has 1 atom stereocenters. The van der Waals surface area contributed by atoms with E-state index in [4.69, 9.17) is 0 Å². The molecule has 0 aliphatic carbocycles. The molecule has 0 saturated heterocycles. The second-order valence-corrected chi connectivity index (χ2v) is 4.21. The first-order valence-electron chi connectivity index (χ1n) is 4.65. The van der Waals surface area contributed by atoms with Gasteiger partial charge in [0.05, 0.1) is 5.69 Å². The van der Waals surface area contributed by atoms with Gasteiger partial charge in [0.25, 0.3) is 0 Å². The van der Waals surface area contributed by atoms with Crippen LogP contribution in [0.15, 0.2) is 27.7 Å². The zero-order valence-electron chi connectivity index (χ0n) is 7.63. The van der Waals surface area contributed by atoms with Gasteiger partial charge in [-0.1, -0.05) is 25.5 Å². The number of para-hydroxylation sites is 1. The van der Waals surface area contributed by atoms with Crippen LogP contribution in [0.25, 0.3) is 0 Å². The second kappa shape index (κ2) is 3.62. The summed E-state index contributed by atoms with van der Waals surface area (Å²) in [5.74, 6) is 0.539. The number of halogens is 1. The number of fused-ring (bicyclic) bond motifs is 1. The normalized spacial score (nSPS) is 19.1. The minimum absolute atomic E-state index is 0.539. The van der Waals surface area contributed by atoms with E-state index in [9.17, 15) is 0 Å². The standard InChI is InChI=1S/C11H12BrN/c1-2-4-8-7-13-11-9(8)5-3-6-10(11)12/h3,5-8H,2,4H2,1H3. The lowest BCUT2D eigenvalue weighted by Gasteiger charge is -2.07. The summed E-state index contributed by atoms with van der Waals surface area (Å²) in [6.45, 7) is 2.21. The van der Waals surface area contributed by atoms with E-state index < -0.39 is 0 Å². The zero-order valence-corrected chi connectivity index (χ0v) is 9.21. The Morgan fingerprint density at radius 1 is 1.46 bits per heavy atom. The van der Waals surface area contributed by atoms with Crippen LogP contribution in [0.2, 0.25) is 0 Å². The first-order valence-corrected chi connectivity index (χ1v) is 5.45. The summed E-state index contributed by atoms with van der Waals surface area (Å²) in [5, 5.41) is 0. The van der Waals surface area contributed by atoms with E-state index in [-0.39, 0.29) is 0 Å².